The van der Waals surface area contributed by atoms with Crippen LogP contribution < -0.4 is 5.73 Å². The van der Waals surface area contributed by atoms with Gasteiger partial charge >= 0.3 is 0 Å². The Morgan fingerprint density at radius 3 is 2.53 bits per heavy atom. The lowest BCUT2D eigenvalue weighted by Crippen LogP contribution is -2.46. The van der Waals surface area contributed by atoms with Gasteiger partial charge in [0.2, 0.25) is 10.0 Å². The van der Waals surface area contributed by atoms with Crippen LogP contribution in [0.25, 0.3) is 0 Å². The summed E-state index contributed by atoms with van der Waals surface area (Å²) in [5.41, 5.74) is 7.34. The van der Waals surface area contributed by atoms with Gasteiger partial charge in [-0.05, 0) is 43.9 Å². The van der Waals surface area contributed by atoms with E-state index in [4.69, 9.17) is 5.73 Å². The predicted octanol–water partition coefficient (Wildman–Crippen LogP) is 1.81. The first-order chi connectivity index (χ1) is 8.96. The van der Waals surface area contributed by atoms with Gasteiger partial charge in [-0.15, -0.1) is 0 Å². The quantitative estimate of drug-likeness (QED) is 0.895. The van der Waals surface area contributed by atoms with Gasteiger partial charge in [-0.1, -0.05) is 18.6 Å². The number of benzene rings is 1. The molecule has 4 nitrogen and oxygen atoms in total. The molecule has 0 saturated heterocycles. The third kappa shape index (κ3) is 2.83. The second-order valence-electron chi connectivity index (χ2n) is 5.26. The summed E-state index contributed by atoms with van der Waals surface area (Å²) in [7, 11) is -3.42. The zero-order chi connectivity index (χ0) is 14.0. The molecule has 1 aliphatic rings. The smallest absolute Gasteiger partial charge is 0.243 e. The van der Waals surface area contributed by atoms with Gasteiger partial charge in [0, 0.05) is 19.1 Å². The number of hydrogen-bond donors (Lipinski definition) is 1. The van der Waals surface area contributed by atoms with E-state index in [1.54, 1.807) is 10.4 Å². The van der Waals surface area contributed by atoms with Crippen molar-refractivity contribution in [3.8, 4) is 0 Å². The van der Waals surface area contributed by atoms with Crippen LogP contribution in [0.1, 0.15) is 30.4 Å². The zero-order valence-corrected chi connectivity index (χ0v) is 12.4. The van der Waals surface area contributed by atoms with Gasteiger partial charge in [0.15, 0.2) is 0 Å². The minimum atomic E-state index is -3.42. The Morgan fingerprint density at radius 1 is 1.32 bits per heavy atom. The zero-order valence-electron chi connectivity index (χ0n) is 11.6. The maximum Gasteiger partial charge on any atom is 0.243 e. The van der Waals surface area contributed by atoms with E-state index < -0.39 is 10.0 Å². The van der Waals surface area contributed by atoms with Crippen molar-refractivity contribution in [2.75, 3.05) is 13.1 Å². The molecule has 19 heavy (non-hydrogen) atoms. The van der Waals surface area contributed by atoms with Crippen molar-refractivity contribution in [1.29, 1.82) is 0 Å². The average molecular weight is 282 g/mol. The molecule has 0 heterocycles. The van der Waals surface area contributed by atoms with Gasteiger partial charge in [0.25, 0.3) is 0 Å². The lowest BCUT2D eigenvalue weighted by Gasteiger charge is -2.36. The second kappa shape index (κ2) is 5.61. The Balaban J connectivity index is 2.40. The molecule has 0 amide bonds. The van der Waals surface area contributed by atoms with E-state index in [9.17, 15) is 8.42 Å². The van der Waals surface area contributed by atoms with Crippen LogP contribution in [0.15, 0.2) is 23.1 Å². The fourth-order valence-corrected chi connectivity index (χ4v) is 4.42. The van der Waals surface area contributed by atoms with E-state index >= 15 is 0 Å². The van der Waals surface area contributed by atoms with Crippen molar-refractivity contribution in [1.82, 2.24) is 4.31 Å². The summed E-state index contributed by atoms with van der Waals surface area (Å²) in [5.74, 6) is 0. The lowest BCUT2D eigenvalue weighted by atomic mass is 9.93. The lowest BCUT2D eigenvalue weighted by molar-refractivity contribution is 0.223. The first kappa shape index (κ1) is 14.5. The fourth-order valence-electron chi connectivity index (χ4n) is 2.41. The van der Waals surface area contributed by atoms with E-state index in [-0.39, 0.29) is 6.04 Å². The molecular weight excluding hydrogens is 260 g/mol. The van der Waals surface area contributed by atoms with Crippen molar-refractivity contribution in [3.05, 3.63) is 29.3 Å². The molecule has 106 valence electrons. The molecule has 1 aromatic carbocycles. The Kier molecular flexibility index (Phi) is 4.28. The summed E-state index contributed by atoms with van der Waals surface area (Å²) in [6.07, 6.45) is 3.00. The van der Waals surface area contributed by atoms with E-state index in [0.717, 1.165) is 30.4 Å². The molecule has 0 aliphatic heterocycles. The van der Waals surface area contributed by atoms with Gasteiger partial charge in [-0.2, -0.15) is 4.31 Å². The van der Waals surface area contributed by atoms with Crippen molar-refractivity contribution in [3.63, 3.8) is 0 Å². The number of nitrogens with zero attached hydrogens (tertiary/aromatic N) is 1. The van der Waals surface area contributed by atoms with Crippen LogP contribution in [0.5, 0.6) is 0 Å². The van der Waals surface area contributed by atoms with Gasteiger partial charge in [-0.25, -0.2) is 8.42 Å². The summed E-state index contributed by atoms with van der Waals surface area (Å²) in [6.45, 7) is 4.52. The molecule has 0 spiro atoms. The van der Waals surface area contributed by atoms with Crippen molar-refractivity contribution >= 4 is 10.0 Å². The summed E-state index contributed by atoms with van der Waals surface area (Å²) in [4.78, 5) is 0.424. The Hall–Kier alpha value is -0.910. The summed E-state index contributed by atoms with van der Waals surface area (Å²) >= 11 is 0. The first-order valence-electron chi connectivity index (χ1n) is 6.76. The van der Waals surface area contributed by atoms with E-state index in [0.29, 0.717) is 18.0 Å². The molecule has 0 aromatic heterocycles. The second-order valence-corrected chi connectivity index (χ2v) is 7.12. The van der Waals surface area contributed by atoms with Gasteiger partial charge in [0.1, 0.15) is 0 Å². The van der Waals surface area contributed by atoms with Gasteiger partial charge in [-0.3, -0.25) is 0 Å². The van der Waals surface area contributed by atoms with Crippen molar-refractivity contribution < 1.29 is 8.42 Å². The Labute approximate surface area is 115 Å². The minimum Gasteiger partial charge on any atom is -0.329 e. The number of hydrogen-bond acceptors (Lipinski definition) is 3. The van der Waals surface area contributed by atoms with Crippen LogP contribution in [0.2, 0.25) is 0 Å². The Morgan fingerprint density at radius 2 is 2.00 bits per heavy atom. The topological polar surface area (TPSA) is 63.4 Å². The summed E-state index contributed by atoms with van der Waals surface area (Å²) < 4.78 is 27.2. The number of rotatable bonds is 5. The average Bonchev–Trinajstić information content (AvgIpc) is 2.29. The number of aryl methyl sites for hydroxylation is 2. The normalized spacial score (nSPS) is 16.6. The molecule has 0 atom stereocenters. The standard InChI is InChI=1S/C14H22N2O2S/c1-11-6-7-12(2)14(10-11)19(17,18)16(9-8-15)13-4-3-5-13/h6-7,10,13H,3-5,8-9,15H2,1-2H3. The van der Waals surface area contributed by atoms with Crippen LogP contribution in [0.3, 0.4) is 0 Å². The monoisotopic (exact) mass is 282 g/mol. The molecule has 1 fully saturated rings. The predicted molar refractivity (Wildman–Crippen MR) is 76.5 cm³/mol. The molecule has 0 unspecified atom stereocenters. The third-order valence-electron chi connectivity index (χ3n) is 3.76. The van der Waals surface area contributed by atoms with Crippen LogP contribution in [-0.2, 0) is 10.0 Å². The van der Waals surface area contributed by atoms with Crippen LogP contribution in [-0.4, -0.2) is 31.9 Å². The van der Waals surface area contributed by atoms with E-state index in [1.807, 2.05) is 26.0 Å². The Bertz CT molecular complexity index is 551. The van der Waals surface area contributed by atoms with Crippen LogP contribution in [0, 0.1) is 13.8 Å². The van der Waals surface area contributed by atoms with Crippen LogP contribution in [0.4, 0.5) is 0 Å². The number of sulfonamides is 1. The minimum absolute atomic E-state index is 0.133. The van der Waals surface area contributed by atoms with Crippen molar-refractivity contribution in [2.45, 2.75) is 44.0 Å². The molecule has 0 radical (unpaired) electrons. The highest BCUT2D eigenvalue weighted by molar-refractivity contribution is 7.89. The third-order valence-corrected chi connectivity index (χ3v) is 5.86. The highest BCUT2D eigenvalue weighted by Crippen LogP contribution is 2.30. The number of nitrogens with two attached hydrogens (primary N) is 1. The molecule has 2 rings (SSSR count). The van der Waals surface area contributed by atoms with E-state index in [2.05, 4.69) is 0 Å². The molecule has 1 aliphatic carbocycles. The van der Waals surface area contributed by atoms with Gasteiger partial charge in [0.05, 0.1) is 4.90 Å². The molecule has 1 saturated carbocycles. The first-order valence-corrected chi connectivity index (χ1v) is 8.20. The highest BCUT2D eigenvalue weighted by Gasteiger charge is 2.34. The fraction of sp³-hybridized carbons (Fsp3) is 0.571. The van der Waals surface area contributed by atoms with Crippen molar-refractivity contribution in [2.24, 2.45) is 5.73 Å². The van der Waals surface area contributed by atoms with Gasteiger partial charge < -0.3 is 5.73 Å². The highest BCUT2D eigenvalue weighted by atomic mass is 32.2. The maximum atomic E-state index is 12.8. The molecular formula is C14H22N2O2S. The molecule has 0 bridgehead atoms. The summed E-state index contributed by atoms with van der Waals surface area (Å²) in [5, 5.41) is 0. The SMILES string of the molecule is Cc1ccc(C)c(S(=O)(=O)N(CCN)C2CCC2)c1. The largest absolute Gasteiger partial charge is 0.329 e. The molecule has 1 aromatic rings. The molecule has 2 N–H and O–H groups in total. The molecule has 5 heteroatoms. The van der Waals surface area contributed by atoms with Crippen LogP contribution >= 0.6 is 0 Å². The summed E-state index contributed by atoms with van der Waals surface area (Å²) in [6, 6.07) is 5.69. The maximum absolute atomic E-state index is 12.8. The van der Waals surface area contributed by atoms with E-state index in [1.165, 1.54) is 0 Å².